The first kappa shape index (κ1) is 19.6. The summed E-state index contributed by atoms with van der Waals surface area (Å²) in [7, 11) is 2.13. The van der Waals surface area contributed by atoms with E-state index in [1.807, 2.05) is 18.2 Å². The van der Waals surface area contributed by atoms with E-state index in [0.29, 0.717) is 13.0 Å². The van der Waals surface area contributed by atoms with Gasteiger partial charge in [-0.05, 0) is 25.5 Å². The van der Waals surface area contributed by atoms with E-state index in [-0.39, 0.29) is 18.0 Å². The first-order valence-corrected chi connectivity index (χ1v) is 9.63. The topological polar surface area (TPSA) is 64.1 Å². The Morgan fingerprint density at radius 3 is 2.70 bits per heavy atom. The number of aliphatic carboxylic acids is 1. The molecule has 0 aliphatic carbocycles. The van der Waals surface area contributed by atoms with E-state index in [4.69, 9.17) is 5.11 Å². The molecule has 3 rings (SSSR count). The van der Waals surface area contributed by atoms with Gasteiger partial charge in [-0.3, -0.25) is 19.4 Å². The van der Waals surface area contributed by atoms with Crippen molar-refractivity contribution in [1.82, 2.24) is 14.7 Å². The van der Waals surface area contributed by atoms with Gasteiger partial charge in [0.1, 0.15) is 6.54 Å². The molecule has 2 saturated heterocycles. The Bertz CT molecular complexity index is 691. The van der Waals surface area contributed by atoms with Crippen LogP contribution in [-0.4, -0.2) is 83.5 Å². The number of carboxylic acid groups (broad SMARTS) is 1. The number of amides is 1. The fourth-order valence-corrected chi connectivity index (χ4v) is 4.16. The van der Waals surface area contributed by atoms with Crippen LogP contribution in [0.2, 0.25) is 0 Å². The SMILES string of the molecule is CN1CCN(C/C=C/c2ccccc2)C[C@@]12CCC(=O)N(CC(=O)O)CC2. The zero-order valence-electron chi connectivity index (χ0n) is 16.0. The summed E-state index contributed by atoms with van der Waals surface area (Å²) in [6.45, 7) is 4.09. The van der Waals surface area contributed by atoms with Crippen LogP contribution in [0.3, 0.4) is 0 Å². The van der Waals surface area contributed by atoms with E-state index < -0.39 is 5.97 Å². The minimum atomic E-state index is -0.941. The molecule has 1 aromatic carbocycles. The highest BCUT2D eigenvalue weighted by Gasteiger charge is 2.42. The van der Waals surface area contributed by atoms with Gasteiger partial charge in [-0.1, -0.05) is 42.5 Å². The maximum atomic E-state index is 12.3. The van der Waals surface area contributed by atoms with Crippen molar-refractivity contribution in [1.29, 1.82) is 0 Å². The molecular weight excluding hydrogens is 342 g/mol. The Labute approximate surface area is 161 Å². The summed E-state index contributed by atoms with van der Waals surface area (Å²) in [6.07, 6.45) is 6.38. The molecule has 0 bridgehead atoms. The average molecular weight is 371 g/mol. The van der Waals surface area contributed by atoms with E-state index in [9.17, 15) is 9.59 Å². The zero-order chi connectivity index (χ0) is 19.3. The molecule has 1 aromatic rings. The second-order valence-corrected chi connectivity index (χ2v) is 7.65. The van der Waals surface area contributed by atoms with E-state index >= 15 is 0 Å². The minimum Gasteiger partial charge on any atom is -0.480 e. The molecule has 6 nitrogen and oxygen atoms in total. The lowest BCUT2D eigenvalue weighted by atomic mass is 9.86. The van der Waals surface area contributed by atoms with E-state index in [1.54, 1.807) is 0 Å². The summed E-state index contributed by atoms with van der Waals surface area (Å²) in [6, 6.07) is 10.3. The van der Waals surface area contributed by atoms with Crippen LogP contribution in [0.25, 0.3) is 6.08 Å². The van der Waals surface area contributed by atoms with Crippen molar-refractivity contribution in [2.45, 2.75) is 24.8 Å². The third-order valence-corrected chi connectivity index (χ3v) is 5.88. The van der Waals surface area contributed by atoms with E-state index in [2.05, 4.69) is 41.1 Å². The molecule has 0 unspecified atom stereocenters. The number of carboxylic acids is 1. The van der Waals surface area contributed by atoms with E-state index in [0.717, 1.165) is 39.0 Å². The molecule has 2 aliphatic heterocycles. The van der Waals surface area contributed by atoms with Crippen molar-refractivity contribution in [2.75, 3.05) is 46.3 Å². The highest BCUT2D eigenvalue weighted by atomic mass is 16.4. The molecule has 0 aromatic heterocycles. The lowest BCUT2D eigenvalue weighted by Crippen LogP contribution is -2.61. The molecule has 0 radical (unpaired) electrons. The van der Waals surface area contributed by atoms with Crippen LogP contribution in [0.5, 0.6) is 0 Å². The number of benzene rings is 1. The maximum absolute atomic E-state index is 12.3. The molecule has 1 spiro atoms. The molecule has 2 aliphatic rings. The van der Waals surface area contributed by atoms with Crippen molar-refractivity contribution in [2.24, 2.45) is 0 Å². The number of hydrogen-bond donors (Lipinski definition) is 1. The molecule has 1 amide bonds. The third-order valence-electron chi connectivity index (χ3n) is 5.88. The molecule has 27 heavy (non-hydrogen) atoms. The Morgan fingerprint density at radius 1 is 1.19 bits per heavy atom. The Balaban J connectivity index is 1.63. The number of carbonyl (C=O) groups excluding carboxylic acids is 1. The Kier molecular flexibility index (Phi) is 6.29. The van der Waals surface area contributed by atoms with Gasteiger partial charge in [0.15, 0.2) is 0 Å². The predicted molar refractivity (Wildman–Crippen MR) is 105 cm³/mol. The van der Waals surface area contributed by atoms with Crippen molar-refractivity contribution < 1.29 is 14.7 Å². The number of carbonyl (C=O) groups is 2. The number of hydrogen-bond acceptors (Lipinski definition) is 4. The lowest BCUT2D eigenvalue weighted by Gasteiger charge is -2.49. The molecule has 2 heterocycles. The first-order chi connectivity index (χ1) is 13.0. The predicted octanol–water partition coefficient (Wildman–Crippen LogP) is 1.78. The van der Waals surface area contributed by atoms with Crippen LogP contribution in [0.4, 0.5) is 0 Å². The van der Waals surface area contributed by atoms with Crippen molar-refractivity contribution in [3.63, 3.8) is 0 Å². The Morgan fingerprint density at radius 2 is 1.96 bits per heavy atom. The molecule has 0 saturated carbocycles. The van der Waals surface area contributed by atoms with Gasteiger partial charge in [0, 0.05) is 44.7 Å². The van der Waals surface area contributed by atoms with Gasteiger partial charge < -0.3 is 10.0 Å². The molecular formula is C21H29N3O3. The Hall–Kier alpha value is -2.18. The standard InChI is InChI=1S/C21H29N3O3/c1-22-14-15-23(12-5-8-18-6-3-2-4-7-18)17-21(22)10-9-19(25)24(13-11-21)16-20(26)27/h2-8H,9-17H2,1H3,(H,26,27)/b8-5+/t21-/m0/s1. The summed E-state index contributed by atoms with van der Waals surface area (Å²) in [5.41, 5.74) is 1.15. The van der Waals surface area contributed by atoms with Gasteiger partial charge in [-0.15, -0.1) is 0 Å². The fraction of sp³-hybridized carbons (Fsp3) is 0.524. The summed E-state index contributed by atoms with van der Waals surface area (Å²) in [5.74, 6) is -0.979. The van der Waals surface area contributed by atoms with Crippen LogP contribution in [0.1, 0.15) is 24.8 Å². The lowest BCUT2D eigenvalue weighted by molar-refractivity contribution is -0.144. The van der Waals surface area contributed by atoms with Gasteiger partial charge in [-0.2, -0.15) is 0 Å². The van der Waals surface area contributed by atoms with Gasteiger partial charge in [0.2, 0.25) is 5.91 Å². The molecule has 6 heteroatoms. The van der Waals surface area contributed by atoms with Crippen LogP contribution in [0, 0.1) is 0 Å². The van der Waals surface area contributed by atoms with Gasteiger partial charge in [-0.25, -0.2) is 0 Å². The second kappa shape index (κ2) is 8.67. The monoisotopic (exact) mass is 371 g/mol. The normalized spacial score (nSPS) is 25.2. The molecule has 2 fully saturated rings. The van der Waals surface area contributed by atoms with Crippen molar-refractivity contribution >= 4 is 18.0 Å². The summed E-state index contributed by atoms with van der Waals surface area (Å²) in [5, 5.41) is 9.04. The summed E-state index contributed by atoms with van der Waals surface area (Å²) >= 11 is 0. The molecule has 146 valence electrons. The largest absolute Gasteiger partial charge is 0.480 e. The highest BCUT2D eigenvalue weighted by molar-refractivity contribution is 5.81. The smallest absolute Gasteiger partial charge is 0.323 e. The first-order valence-electron chi connectivity index (χ1n) is 9.63. The fourth-order valence-electron chi connectivity index (χ4n) is 4.16. The third kappa shape index (κ3) is 4.96. The van der Waals surface area contributed by atoms with Gasteiger partial charge in [0.05, 0.1) is 0 Å². The molecule has 1 N–H and O–H groups in total. The van der Waals surface area contributed by atoms with Gasteiger partial charge >= 0.3 is 5.97 Å². The molecule has 1 atom stereocenters. The number of likely N-dealkylation sites (N-methyl/N-ethyl adjacent to an activating group) is 1. The van der Waals surface area contributed by atoms with Crippen LogP contribution >= 0.6 is 0 Å². The van der Waals surface area contributed by atoms with Crippen molar-refractivity contribution in [3.05, 3.63) is 42.0 Å². The second-order valence-electron chi connectivity index (χ2n) is 7.65. The minimum absolute atomic E-state index is 0.0382. The van der Waals surface area contributed by atoms with Crippen molar-refractivity contribution in [3.8, 4) is 0 Å². The summed E-state index contributed by atoms with van der Waals surface area (Å²) < 4.78 is 0. The maximum Gasteiger partial charge on any atom is 0.323 e. The quantitative estimate of drug-likeness (QED) is 0.855. The van der Waals surface area contributed by atoms with Crippen LogP contribution in [0.15, 0.2) is 36.4 Å². The number of piperazine rings is 1. The van der Waals surface area contributed by atoms with Gasteiger partial charge in [0.25, 0.3) is 0 Å². The average Bonchev–Trinajstić information content (AvgIpc) is 2.80. The van der Waals surface area contributed by atoms with E-state index in [1.165, 1.54) is 10.5 Å². The zero-order valence-corrected chi connectivity index (χ0v) is 16.0. The highest BCUT2D eigenvalue weighted by Crippen LogP contribution is 2.32. The number of likely N-dealkylation sites (tertiary alicyclic amines) is 1. The van der Waals surface area contributed by atoms with Crippen LogP contribution < -0.4 is 0 Å². The van der Waals surface area contributed by atoms with Crippen LogP contribution in [-0.2, 0) is 9.59 Å². The summed E-state index contributed by atoms with van der Waals surface area (Å²) in [4.78, 5) is 29.7. The number of nitrogens with zero attached hydrogens (tertiary/aromatic N) is 3. The number of rotatable bonds is 5.